The van der Waals surface area contributed by atoms with E-state index in [1.807, 2.05) is 0 Å². The van der Waals surface area contributed by atoms with Crippen molar-refractivity contribution in [1.82, 2.24) is 9.21 Å². The molecule has 1 atom stereocenters. The third-order valence-electron chi connectivity index (χ3n) is 4.65. The van der Waals surface area contributed by atoms with Gasteiger partial charge in [0.05, 0.1) is 11.4 Å². The summed E-state index contributed by atoms with van der Waals surface area (Å²) in [6.45, 7) is 3.24. The highest BCUT2D eigenvalue weighted by Crippen LogP contribution is 2.32. The minimum atomic E-state index is -3.53. The summed E-state index contributed by atoms with van der Waals surface area (Å²) >= 11 is 1.77. The molecule has 1 aliphatic rings. The van der Waals surface area contributed by atoms with E-state index in [1.54, 1.807) is 23.5 Å². The zero-order valence-corrected chi connectivity index (χ0v) is 16.7. The van der Waals surface area contributed by atoms with E-state index >= 15 is 0 Å². The summed E-state index contributed by atoms with van der Waals surface area (Å²) in [7, 11) is -0.559. The van der Waals surface area contributed by atoms with Crippen LogP contribution in [0.4, 0.5) is 5.69 Å². The van der Waals surface area contributed by atoms with E-state index in [0.29, 0.717) is 5.69 Å². The second-order valence-electron chi connectivity index (χ2n) is 6.56. The van der Waals surface area contributed by atoms with Gasteiger partial charge in [-0.3, -0.25) is 9.69 Å². The largest absolute Gasteiger partial charge is 0.325 e. The van der Waals surface area contributed by atoms with Gasteiger partial charge in [-0.05, 0) is 48.6 Å². The Morgan fingerprint density at radius 3 is 2.85 bits per heavy atom. The summed E-state index contributed by atoms with van der Waals surface area (Å²) < 4.78 is 25.6. The molecule has 26 heavy (non-hydrogen) atoms. The van der Waals surface area contributed by atoms with Crippen molar-refractivity contribution < 1.29 is 13.2 Å². The van der Waals surface area contributed by atoms with E-state index in [9.17, 15) is 13.2 Å². The molecule has 0 fully saturated rings. The van der Waals surface area contributed by atoms with Gasteiger partial charge < -0.3 is 5.32 Å². The first-order valence-corrected chi connectivity index (χ1v) is 10.7. The van der Waals surface area contributed by atoms with E-state index in [0.717, 1.165) is 17.3 Å². The first-order valence-electron chi connectivity index (χ1n) is 8.42. The Kier molecular flexibility index (Phi) is 5.47. The number of hydrogen-bond acceptors (Lipinski definition) is 5. The Labute approximate surface area is 158 Å². The van der Waals surface area contributed by atoms with E-state index < -0.39 is 10.0 Å². The zero-order valence-electron chi connectivity index (χ0n) is 15.1. The quantitative estimate of drug-likeness (QED) is 0.848. The predicted octanol–water partition coefficient (Wildman–Crippen LogP) is 2.56. The van der Waals surface area contributed by atoms with Crippen molar-refractivity contribution in [2.24, 2.45) is 0 Å². The van der Waals surface area contributed by atoms with Gasteiger partial charge in [-0.15, -0.1) is 11.3 Å². The molecule has 3 rings (SSSR count). The number of carbonyl (C=O) groups is 1. The Morgan fingerprint density at radius 2 is 2.12 bits per heavy atom. The molecule has 2 aromatic rings. The molecule has 0 saturated carbocycles. The van der Waals surface area contributed by atoms with Crippen LogP contribution >= 0.6 is 11.3 Å². The fourth-order valence-corrected chi connectivity index (χ4v) is 5.02. The minimum absolute atomic E-state index is 0.144. The molecule has 8 heteroatoms. The Hall–Kier alpha value is -1.74. The molecule has 1 aromatic heterocycles. The average molecular weight is 394 g/mol. The van der Waals surface area contributed by atoms with Crippen LogP contribution in [0.25, 0.3) is 0 Å². The third-order valence-corrected chi connectivity index (χ3v) is 7.45. The Balaban J connectivity index is 1.68. The number of sulfonamides is 1. The van der Waals surface area contributed by atoms with Crippen LogP contribution in [-0.2, 0) is 21.2 Å². The second kappa shape index (κ2) is 7.48. The number of rotatable bonds is 5. The molecule has 0 spiro atoms. The van der Waals surface area contributed by atoms with Crippen LogP contribution < -0.4 is 5.32 Å². The van der Waals surface area contributed by atoms with Crippen LogP contribution in [0.3, 0.4) is 0 Å². The summed E-state index contributed by atoms with van der Waals surface area (Å²) in [4.78, 5) is 16.2. The zero-order chi connectivity index (χ0) is 18.9. The van der Waals surface area contributed by atoms with Gasteiger partial charge in [0.2, 0.25) is 15.9 Å². The molecule has 0 unspecified atom stereocenters. The maximum atomic E-state index is 12.5. The Bertz CT molecular complexity index is 906. The summed E-state index contributed by atoms with van der Waals surface area (Å²) in [5.41, 5.74) is 1.78. The van der Waals surface area contributed by atoms with E-state index in [1.165, 1.54) is 36.7 Å². The van der Waals surface area contributed by atoms with Gasteiger partial charge >= 0.3 is 0 Å². The minimum Gasteiger partial charge on any atom is -0.325 e. The topological polar surface area (TPSA) is 69.7 Å². The first-order chi connectivity index (χ1) is 12.3. The molecule has 1 aromatic carbocycles. The monoisotopic (exact) mass is 393 g/mol. The van der Waals surface area contributed by atoms with Crippen LogP contribution in [0.1, 0.15) is 23.4 Å². The van der Waals surface area contributed by atoms with Crippen LogP contribution in [0.5, 0.6) is 0 Å². The third kappa shape index (κ3) is 3.83. The molecule has 1 N–H and O–H groups in total. The lowest BCUT2D eigenvalue weighted by Gasteiger charge is -2.32. The number of nitrogens with one attached hydrogen (secondary N) is 1. The average Bonchev–Trinajstić information content (AvgIpc) is 3.07. The summed E-state index contributed by atoms with van der Waals surface area (Å²) in [5, 5.41) is 4.92. The van der Waals surface area contributed by atoms with Gasteiger partial charge in [-0.2, -0.15) is 0 Å². The summed E-state index contributed by atoms with van der Waals surface area (Å²) in [5.74, 6) is -0.144. The molecule has 1 aliphatic heterocycles. The van der Waals surface area contributed by atoms with Crippen molar-refractivity contribution in [3.63, 3.8) is 0 Å². The number of anilines is 1. The second-order valence-corrected chi connectivity index (χ2v) is 9.71. The first kappa shape index (κ1) is 19.0. The van der Waals surface area contributed by atoms with Crippen molar-refractivity contribution in [3.05, 3.63) is 46.2 Å². The number of carbonyl (C=O) groups excluding carboxylic acids is 1. The maximum Gasteiger partial charge on any atom is 0.242 e. The SMILES string of the molecule is C[C@H]1c2ccsc2CCN1CC(=O)Nc1cccc(S(=O)(=O)N(C)C)c1. The lowest BCUT2D eigenvalue weighted by molar-refractivity contribution is -0.117. The summed E-state index contributed by atoms with van der Waals surface area (Å²) in [6, 6.07) is 8.68. The molecule has 0 aliphatic carbocycles. The molecule has 6 nitrogen and oxygen atoms in total. The van der Waals surface area contributed by atoms with Crippen LogP contribution in [0.2, 0.25) is 0 Å². The molecule has 2 heterocycles. The van der Waals surface area contributed by atoms with Crippen molar-refractivity contribution in [2.45, 2.75) is 24.3 Å². The molecule has 1 amide bonds. The van der Waals surface area contributed by atoms with Gasteiger partial charge in [0.1, 0.15) is 0 Å². The molecule has 0 radical (unpaired) electrons. The van der Waals surface area contributed by atoms with Crippen molar-refractivity contribution >= 4 is 33.0 Å². The lowest BCUT2D eigenvalue weighted by atomic mass is 10.0. The Morgan fingerprint density at radius 1 is 1.35 bits per heavy atom. The predicted molar refractivity (Wildman–Crippen MR) is 104 cm³/mol. The molecule has 0 saturated heterocycles. The standard InChI is InChI=1S/C18H23N3O3S2/c1-13-16-8-10-25-17(16)7-9-21(13)12-18(22)19-14-5-4-6-15(11-14)26(23,24)20(2)3/h4-6,8,10-11,13H,7,9,12H2,1-3H3,(H,19,22)/t13-/m0/s1. The molecular formula is C18H23N3O3S2. The van der Waals surface area contributed by atoms with Gasteiger partial charge in [-0.1, -0.05) is 6.07 Å². The maximum absolute atomic E-state index is 12.5. The number of nitrogens with zero attached hydrogens (tertiary/aromatic N) is 2. The van der Waals surface area contributed by atoms with E-state index in [-0.39, 0.29) is 23.4 Å². The van der Waals surface area contributed by atoms with Gasteiger partial charge in [0.15, 0.2) is 0 Å². The van der Waals surface area contributed by atoms with Crippen molar-refractivity contribution in [1.29, 1.82) is 0 Å². The molecule has 0 bridgehead atoms. The number of hydrogen-bond donors (Lipinski definition) is 1. The van der Waals surface area contributed by atoms with Gasteiger partial charge in [-0.25, -0.2) is 12.7 Å². The fraction of sp³-hybridized carbons (Fsp3) is 0.389. The van der Waals surface area contributed by atoms with E-state index in [2.05, 4.69) is 28.6 Å². The normalized spacial score (nSPS) is 17.9. The van der Waals surface area contributed by atoms with E-state index in [4.69, 9.17) is 0 Å². The number of amides is 1. The van der Waals surface area contributed by atoms with Gasteiger partial charge in [0.25, 0.3) is 0 Å². The molecule has 140 valence electrons. The van der Waals surface area contributed by atoms with Crippen molar-refractivity contribution in [2.75, 3.05) is 32.5 Å². The summed E-state index contributed by atoms with van der Waals surface area (Å²) in [6.07, 6.45) is 0.960. The smallest absolute Gasteiger partial charge is 0.242 e. The fourth-order valence-electron chi connectivity index (χ4n) is 3.11. The molecular weight excluding hydrogens is 370 g/mol. The number of benzene rings is 1. The lowest BCUT2D eigenvalue weighted by Crippen LogP contribution is -2.39. The van der Waals surface area contributed by atoms with Crippen LogP contribution in [0.15, 0.2) is 40.6 Å². The highest BCUT2D eigenvalue weighted by molar-refractivity contribution is 7.89. The highest BCUT2D eigenvalue weighted by Gasteiger charge is 2.26. The van der Waals surface area contributed by atoms with Crippen LogP contribution in [-0.4, -0.2) is 50.7 Å². The number of fused-ring (bicyclic) bond motifs is 1. The number of thiophene rings is 1. The van der Waals surface area contributed by atoms with Crippen LogP contribution in [0, 0.1) is 0 Å². The van der Waals surface area contributed by atoms with Crippen molar-refractivity contribution in [3.8, 4) is 0 Å². The van der Waals surface area contributed by atoms with Gasteiger partial charge in [0, 0.05) is 37.2 Å². The highest BCUT2D eigenvalue weighted by atomic mass is 32.2.